The van der Waals surface area contributed by atoms with Gasteiger partial charge in [-0.3, -0.25) is 4.90 Å². The topological polar surface area (TPSA) is 35.5 Å². The minimum absolute atomic E-state index is 0.0148. The molecule has 0 spiro atoms. The molecule has 0 bridgehead atoms. The Morgan fingerprint density at radius 2 is 1.74 bits per heavy atom. The van der Waals surface area contributed by atoms with Crippen molar-refractivity contribution in [2.45, 2.75) is 38.7 Å². The van der Waals surface area contributed by atoms with Gasteiger partial charge in [0.1, 0.15) is 0 Å². The summed E-state index contributed by atoms with van der Waals surface area (Å²) in [6, 6.07) is 10.2. The molecule has 2 N–H and O–H groups in total. The van der Waals surface area contributed by atoms with Crippen molar-refractivity contribution in [3.8, 4) is 0 Å². The van der Waals surface area contributed by atoms with Gasteiger partial charge in [0, 0.05) is 32.2 Å². The normalized spacial score (nSPS) is 27.8. The van der Waals surface area contributed by atoms with Gasteiger partial charge in [-0.2, -0.15) is 13.2 Å². The van der Waals surface area contributed by atoms with E-state index in [2.05, 4.69) is 22.3 Å². The monoisotopic (exact) mass is 330 g/mol. The Morgan fingerprint density at radius 3 is 2.26 bits per heavy atom. The first-order valence-corrected chi connectivity index (χ1v) is 8.02. The smallest absolute Gasteiger partial charge is 0.382 e. The Hall–Kier alpha value is -1.11. The van der Waals surface area contributed by atoms with Crippen LogP contribution in [0.15, 0.2) is 30.3 Å². The number of alkyl halides is 3. The predicted molar refractivity (Wildman–Crippen MR) is 83.9 cm³/mol. The summed E-state index contributed by atoms with van der Waals surface area (Å²) in [5.74, 6) is 0.450. The lowest BCUT2D eigenvalue weighted by Gasteiger charge is -2.42. The Kier molecular flexibility index (Phi) is 6.06. The van der Waals surface area contributed by atoms with E-state index in [4.69, 9.17) is 5.11 Å². The lowest BCUT2D eigenvalue weighted by Crippen LogP contribution is -2.55. The molecular weight excluding hydrogens is 305 g/mol. The van der Waals surface area contributed by atoms with E-state index < -0.39 is 18.8 Å². The molecule has 23 heavy (non-hydrogen) atoms. The molecule has 1 aliphatic heterocycles. The van der Waals surface area contributed by atoms with Crippen LogP contribution >= 0.6 is 0 Å². The average Bonchev–Trinajstić information content (AvgIpc) is 2.46. The Bertz CT molecular complexity index is 468. The minimum atomic E-state index is -4.56. The van der Waals surface area contributed by atoms with Crippen LogP contribution in [-0.4, -0.2) is 48.0 Å². The molecule has 1 aromatic rings. The molecule has 0 aromatic heterocycles. The van der Waals surface area contributed by atoms with E-state index in [1.807, 2.05) is 32.0 Å². The summed E-state index contributed by atoms with van der Waals surface area (Å²) >= 11 is 0. The summed E-state index contributed by atoms with van der Waals surface area (Å²) in [4.78, 5) is 2.34. The average molecular weight is 330 g/mol. The fourth-order valence-electron chi connectivity index (χ4n) is 3.41. The number of hydrogen-bond acceptors (Lipinski definition) is 3. The van der Waals surface area contributed by atoms with Gasteiger partial charge in [-0.1, -0.05) is 44.2 Å². The molecule has 1 heterocycles. The number of benzene rings is 1. The number of piperidine rings is 1. The number of halogens is 3. The summed E-state index contributed by atoms with van der Waals surface area (Å²) in [6.07, 6.45) is -6.86. The second kappa shape index (κ2) is 7.64. The number of likely N-dealkylation sites (tertiary alicyclic amines) is 1. The molecule has 1 fully saturated rings. The molecule has 1 aliphatic rings. The molecule has 1 saturated heterocycles. The highest BCUT2D eigenvalue weighted by molar-refractivity contribution is 5.14. The number of rotatable bonds is 5. The Morgan fingerprint density at radius 1 is 1.17 bits per heavy atom. The molecule has 2 rings (SSSR count). The third-order valence-electron chi connectivity index (χ3n) is 4.49. The SMILES string of the molecule is C[C@@H]1CN(Cc2ccccc2)C[C@H](C)C1NC[C@@H](O)C(F)(F)F. The third kappa shape index (κ3) is 5.19. The van der Waals surface area contributed by atoms with E-state index in [1.54, 1.807) is 0 Å². The van der Waals surface area contributed by atoms with E-state index in [9.17, 15) is 13.2 Å². The molecular formula is C17H25F3N2O. The Balaban J connectivity index is 1.87. The van der Waals surface area contributed by atoms with Crippen LogP contribution in [0.25, 0.3) is 0 Å². The number of nitrogens with zero attached hydrogens (tertiary/aromatic N) is 1. The van der Waals surface area contributed by atoms with Crippen LogP contribution in [-0.2, 0) is 6.54 Å². The molecule has 1 aromatic carbocycles. The maximum Gasteiger partial charge on any atom is 0.415 e. The lowest BCUT2D eigenvalue weighted by molar-refractivity contribution is -0.202. The maximum atomic E-state index is 12.4. The summed E-state index contributed by atoms with van der Waals surface area (Å²) in [7, 11) is 0. The second-order valence-corrected chi connectivity index (χ2v) is 6.63. The fraction of sp³-hybridized carbons (Fsp3) is 0.647. The first kappa shape index (κ1) is 18.2. The molecule has 0 saturated carbocycles. The molecule has 130 valence electrons. The number of nitrogens with one attached hydrogen (secondary N) is 1. The highest BCUT2D eigenvalue weighted by atomic mass is 19.4. The van der Waals surface area contributed by atoms with Crippen molar-refractivity contribution >= 4 is 0 Å². The van der Waals surface area contributed by atoms with Crippen LogP contribution in [0.5, 0.6) is 0 Å². The molecule has 3 nitrogen and oxygen atoms in total. The molecule has 0 radical (unpaired) electrons. The van der Waals surface area contributed by atoms with Crippen LogP contribution in [0, 0.1) is 11.8 Å². The van der Waals surface area contributed by atoms with Crippen LogP contribution < -0.4 is 5.32 Å². The molecule has 1 unspecified atom stereocenters. The first-order chi connectivity index (χ1) is 10.8. The van der Waals surface area contributed by atoms with Gasteiger partial charge in [-0.15, -0.1) is 0 Å². The van der Waals surface area contributed by atoms with Crippen LogP contribution in [0.1, 0.15) is 19.4 Å². The zero-order chi connectivity index (χ0) is 17.0. The Labute approximate surface area is 135 Å². The summed E-state index contributed by atoms with van der Waals surface area (Å²) in [5.41, 5.74) is 1.24. The number of hydrogen-bond donors (Lipinski definition) is 2. The van der Waals surface area contributed by atoms with Crippen LogP contribution in [0.3, 0.4) is 0 Å². The molecule has 4 atom stereocenters. The van der Waals surface area contributed by atoms with E-state index in [0.717, 1.165) is 19.6 Å². The maximum absolute atomic E-state index is 12.4. The van der Waals surface area contributed by atoms with Gasteiger partial charge in [-0.05, 0) is 17.4 Å². The number of aliphatic hydroxyl groups excluding tert-OH is 1. The van der Waals surface area contributed by atoms with Crippen molar-refractivity contribution in [1.82, 2.24) is 10.2 Å². The molecule has 0 aliphatic carbocycles. The van der Waals surface area contributed by atoms with Crippen molar-refractivity contribution < 1.29 is 18.3 Å². The van der Waals surface area contributed by atoms with E-state index >= 15 is 0 Å². The van der Waals surface area contributed by atoms with Crippen molar-refractivity contribution in [1.29, 1.82) is 0 Å². The fourth-order valence-corrected chi connectivity index (χ4v) is 3.41. The van der Waals surface area contributed by atoms with Crippen molar-refractivity contribution in [3.05, 3.63) is 35.9 Å². The molecule has 6 heteroatoms. The predicted octanol–water partition coefficient (Wildman–Crippen LogP) is 2.66. The highest BCUT2D eigenvalue weighted by Gasteiger charge is 2.39. The molecule has 0 amide bonds. The van der Waals surface area contributed by atoms with Gasteiger partial charge >= 0.3 is 6.18 Å². The third-order valence-corrected chi connectivity index (χ3v) is 4.49. The highest BCUT2D eigenvalue weighted by Crippen LogP contribution is 2.25. The number of aliphatic hydroxyl groups is 1. The minimum Gasteiger partial charge on any atom is -0.382 e. The van der Waals surface area contributed by atoms with Crippen molar-refractivity contribution in [2.75, 3.05) is 19.6 Å². The van der Waals surface area contributed by atoms with Gasteiger partial charge in [0.2, 0.25) is 0 Å². The lowest BCUT2D eigenvalue weighted by atomic mass is 9.85. The zero-order valence-electron chi connectivity index (χ0n) is 13.6. The zero-order valence-corrected chi connectivity index (χ0v) is 13.6. The van der Waals surface area contributed by atoms with Gasteiger partial charge < -0.3 is 10.4 Å². The van der Waals surface area contributed by atoms with Crippen LogP contribution in [0.4, 0.5) is 13.2 Å². The van der Waals surface area contributed by atoms with Gasteiger partial charge in [0.15, 0.2) is 6.10 Å². The van der Waals surface area contributed by atoms with E-state index in [-0.39, 0.29) is 17.9 Å². The summed E-state index contributed by atoms with van der Waals surface area (Å²) in [6.45, 7) is 6.17. The van der Waals surface area contributed by atoms with Gasteiger partial charge in [0.25, 0.3) is 0 Å². The van der Waals surface area contributed by atoms with Crippen LogP contribution in [0.2, 0.25) is 0 Å². The first-order valence-electron chi connectivity index (χ1n) is 8.02. The van der Waals surface area contributed by atoms with Gasteiger partial charge in [0.05, 0.1) is 0 Å². The van der Waals surface area contributed by atoms with E-state index in [1.165, 1.54) is 5.56 Å². The van der Waals surface area contributed by atoms with E-state index in [0.29, 0.717) is 0 Å². The standard InChI is InChI=1S/C17H25F3N2O/c1-12-9-22(11-14-6-4-3-5-7-14)10-13(2)16(12)21-8-15(23)17(18,19)20/h3-7,12-13,15-16,21,23H,8-11H2,1-2H3/t12-,13+,15-,16?/m1/s1. The van der Waals surface area contributed by atoms with Crippen molar-refractivity contribution in [2.24, 2.45) is 11.8 Å². The summed E-state index contributed by atoms with van der Waals surface area (Å²) < 4.78 is 37.2. The second-order valence-electron chi connectivity index (χ2n) is 6.63. The quantitative estimate of drug-likeness (QED) is 0.871. The summed E-state index contributed by atoms with van der Waals surface area (Å²) in [5, 5.41) is 12.1. The van der Waals surface area contributed by atoms with Crippen molar-refractivity contribution in [3.63, 3.8) is 0 Å². The van der Waals surface area contributed by atoms with Gasteiger partial charge in [-0.25, -0.2) is 0 Å². The largest absolute Gasteiger partial charge is 0.415 e.